The third kappa shape index (κ3) is 3.99. The summed E-state index contributed by atoms with van der Waals surface area (Å²) < 4.78 is 39.2. The van der Waals surface area contributed by atoms with E-state index >= 15 is 0 Å². The van der Waals surface area contributed by atoms with Crippen molar-refractivity contribution < 1.29 is 22.9 Å². The van der Waals surface area contributed by atoms with Crippen molar-refractivity contribution in [1.82, 2.24) is 5.06 Å². The summed E-state index contributed by atoms with van der Waals surface area (Å²) in [6, 6.07) is 4.74. The summed E-state index contributed by atoms with van der Waals surface area (Å²) in [5, 5.41) is 11.2. The second-order valence-corrected chi connectivity index (χ2v) is 5.71. The lowest BCUT2D eigenvalue weighted by molar-refractivity contribution is -0.158. The van der Waals surface area contributed by atoms with E-state index in [-0.39, 0.29) is 5.69 Å². The first-order valence-electron chi connectivity index (χ1n) is 6.96. The zero-order chi connectivity index (χ0) is 18.0. The molecule has 0 unspecified atom stereocenters. The third-order valence-electron chi connectivity index (χ3n) is 3.25. The van der Waals surface area contributed by atoms with Gasteiger partial charge in [-0.25, -0.2) is 4.84 Å². The van der Waals surface area contributed by atoms with E-state index in [4.69, 9.17) is 26.6 Å². The van der Waals surface area contributed by atoms with Crippen LogP contribution >= 0.6 is 11.6 Å². The number of alkyl halides is 4. The van der Waals surface area contributed by atoms with Gasteiger partial charge in [-0.05, 0) is 32.0 Å². The number of benzene rings is 1. The molecule has 0 bridgehead atoms. The molecule has 2 rings (SSSR count). The zero-order valence-electron chi connectivity index (χ0n) is 13.0. The Kier molecular flexibility index (Phi) is 5.40. The van der Waals surface area contributed by atoms with Crippen molar-refractivity contribution in [3.8, 4) is 6.07 Å². The van der Waals surface area contributed by atoms with E-state index in [0.29, 0.717) is 12.4 Å². The summed E-state index contributed by atoms with van der Waals surface area (Å²) in [4.78, 5) is 11.0. The van der Waals surface area contributed by atoms with Crippen LogP contribution < -0.4 is 5.23 Å². The van der Waals surface area contributed by atoms with Crippen LogP contribution in [0.2, 0.25) is 0 Å². The fraction of sp³-hybridized carbons (Fsp3) is 0.400. The molecule has 0 aromatic heterocycles. The molecule has 0 radical (unpaired) electrons. The summed E-state index contributed by atoms with van der Waals surface area (Å²) in [7, 11) is 0. The van der Waals surface area contributed by atoms with Crippen LogP contribution in [0.1, 0.15) is 25.0 Å². The first-order valence-corrected chi connectivity index (χ1v) is 7.50. The lowest BCUT2D eigenvalue weighted by Gasteiger charge is -2.22. The highest BCUT2D eigenvalue weighted by molar-refractivity contribution is 6.18. The predicted octanol–water partition coefficient (Wildman–Crippen LogP) is 4.01. The van der Waals surface area contributed by atoms with Crippen molar-refractivity contribution in [3.05, 3.63) is 41.5 Å². The fourth-order valence-electron chi connectivity index (χ4n) is 2.02. The number of allylic oxidation sites excluding steroid dienone is 1. The topological polar surface area (TPSA) is 48.7 Å². The van der Waals surface area contributed by atoms with E-state index in [1.807, 2.05) is 0 Å². The van der Waals surface area contributed by atoms with Crippen LogP contribution in [0.25, 0.3) is 0 Å². The molecule has 9 heteroatoms. The normalized spacial score (nSPS) is 18.3. The van der Waals surface area contributed by atoms with E-state index in [0.717, 1.165) is 17.4 Å². The van der Waals surface area contributed by atoms with Crippen molar-refractivity contribution in [3.63, 3.8) is 0 Å². The van der Waals surface area contributed by atoms with E-state index in [1.54, 1.807) is 26.0 Å². The summed E-state index contributed by atoms with van der Waals surface area (Å²) >= 11 is 5.55. The molecule has 1 saturated heterocycles. The third-order valence-corrected chi connectivity index (χ3v) is 3.42. The monoisotopic (exact) mass is 361 g/mol. The van der Waals surface area contributed by atoms with Gasteiger partial charge in [0.15, 0.2) is 5.72 Å². The molecule has 0 atom stereocenters. The highest BCUT2D eigenvalue weighted by Gasteiger charge is 2.42. The van der Waals surface area contributed by atoms with Gasteiger partial charge in [0.2, 0.25) is 0 Å². The maximum absolute atomic E-state index is 13.1. The van der Waals surface area contributed by atoms with Crippen molar-refractivity contribution in [2.75, 3.05) is 17.7 Å². The number of rotatable bonds is 4. The average Bonchev–Trinajstić information content (AvgIpc) is 2.81. The highest BCUT2D eigenvalue weighted by atomic mass is 35.5. The minimum absolute atomic E-state index is 0.0261. The molecule has 1 aliphatic heterocycles. The largest absolute Gasteiger partial charge is 0.417 e. The Balaban J connectivity index is 2.27. The summed E-state index contributed by atoms with van der Waals surface area (Å²) in [5.41, 5.74) is -2.39. The minimum Gasteiger partial charge on any atom is -0.223 e. The first kappa shape index (κ1) is 18.5. The molecule has 1 heterocycles. The van der Waals surface area contributed by atoms with Gasteiger partial charge in [0.1, 0.15) is 0 Å². The summed E-state index contributed by atoms with van der Waals surface area (Å²) in [6.45, 7) is 3.74. The molecule has 1 fully saturated rings. The molecule has 24 heavy (non-hydrogen) atoms. The number of hydroxylamine groups is 2. The molecule has 130 valence electrons. The van der Waals surface area contributed by atoms with E-state index in [9.17, 15) is 13.2 Å². The van der Waals surface area contributed by atoms with Gasteiger partial charge in [0, 0.05) is 12.4 Å². The Hall–Kier alpha value is -1.79. The van der Waals surface area contributed by atoms with Crippen LogP contribution in [-0.2, 0) is 16.0 Å². The summed E-state index contributed by atoms with van der Waals surface area (Å²) in [6.07, 6.45) is -1.19. The van der Waals surface area contributed by atoms with Crippen LogP contribution in [0.15, 0.2) is 30.4 Å². The van der Waals surface area contributed by atoms with Gasteiger partial charge in [0.25, 0.3) is 0 Å². The molecule has 1 aromatic rings. The van der Waals surface area contributed by atoms with Crippen molar-refractivity contribution in [2.45, 2.75) is 25.7 Å². The molecular formula is C15H15ClF3N3O2. The molecule has 1 aromatic carbocycles. The van der Waals surface area contributed by atoms with Crippen LogP contribution in [0, 0.1) is 11.3 Å². The standard InChI is InChI=1S/C15H15ClF3N3O2/c1-14(2)21(8-4-3-7-16)24-22(23-14)12-6-5-11(10-20)13(9-12)15(17,18)19/h3-6,9H,7-8H2,1-2H3/b4-3-. The minimum atomic E-state index is -4.65. The lowest BCUT2D eigenvalue weighted by atomic mass is 10.1. The number of halogens is 4. The SMILES string of the molecule is CC1(C)ON(c2ccc(C#N)c(C(F)(F)F)c2)ON1C/C=C\CCl. The van der Waals surface area contributed by atoms with Gasteiger partial charge in [-0.2, -0.15) is 23.4 Å². The van der Waals surface area contributed by atoms with Gasteiger partial charge < -0.3 is 0 Å². The van der Waals surface area contributed by atoms with E-state index < -0.39 is 23.0 Å². The Labute approximate surface area is 142 Å². The fourth-order valence-corrected chi connectivity index (χ4v) is 2.14. The lowest BCUT2D eigenvalue weighted by Crippen LogP contribution is -2.38. The maximum Gasteiger partial charge on any atom is 0.417 e. The van der Waals surface area contributed by atoms with E-state index in [1.165, 1.54) is 17.2 Å². The molecule has 5 nitrogen and oxygen atoms in total. The van der Waals surface area contributed by atoms with Crippen LogP contribution in [0.4, 0.5) is 18.9 Å². The average molecular weight is 362 g/mol. The van der Waals surface area contributed by atoms with Crippen LogP contribution in [0.3, 0.4) is 0 Å². The smallest absolute Gasteiger partial charge is 0.223 e. The highest BCUT2D eigenvalue weighted by Crippen LogP contribution is 2.37. The Morgan fingerprint density at radius 1 is 1.33 bits per heavy atom. The van der Waals surface area contributed by atoms with Crippen LogP contribution in [0.5, 0.6) is 0 Å². The second-order valence-electron chi connectivity index (χ2n) is 5.40. The van der Waals surface area contributed by atoms with Gasteiger partial charge in [-0.3, -0.25) is 0 Å². The van der Waals surface area contributed by atoms with Crippen molar-refractivity contribution >= 4 is 17.3 Å². The van der Waals surface area contributed by atoms with Crippen molar-refractivity contribution in [2.24, 2.45) is 0 Å². The van der Waals surface area contributed by atoms with E-state index in [2.05, 4.69) is 0 Å². The molecule has 0 aliphatic carbocycles. The number of anilines is 1. The predicted molar refractivity (Wildman–Crippen MR) is 81.5 cm³/mol. The molecule has 0 spiro atoms. The zero-order valence-corrected chi connectivity index (χ0v) is 13.7. The molecule has 0 saturated carbocycles. The molecule has 0 amide bonds. The Morgan fingerprint density at radius 3 is 2.62 bits per heavy atom. The Morgan fingerprint density at radius 2 is 2.04 bits per heavy atom. The van der Waals surface area contributed by atoms with Crippen molar-refractivity contribution in [1.29, 1.82) is 5.26 Å². The number of hydrogen-bond donors (Lipinski definition) is 0. The first-order chi connectivity index (χ1) is 11.2. The second kappa shape index (κ2) is 6.99. The van der Waals surface area contributed by atoms with Gasteiger partial charge in [-0.1, -0.05) is 12.2 Å². The van der Waals surface area contributed by atoms with Gasteiger partial charge in [-0.15, -0.1) is 21.9 Å². The molecular weight excluding hydrogens is 347 g/mol. The number of hydrogen-bond acceptors (Lipinski definition) is 5. The summed E-state index contributed by atoms with van der Waals surface area (Å²) in [5.74, 6) is 0.337. The van der Waals surface area contributed by atoms with Gasteiger partial charge >= 0.3 is 6.18 Å². The molecule has 0 N–H and O–H groups in total. The number of nitriles is 1. The van der Waals surface area contributed by atoms with Gasteiger partial charge in [0.05, 0.1) is 22.9 Å². The maximum atomic E-state index is 13.1. The van der Waals surface area contributed by atoms with Crippen LogP contribution in [-0.4, -0.2) is 23.2 Å². The quantitative estimate of drug-likeness (QED) is 0.599. The Bertz CT molecular complexity index is 671. The number of nitrogens with zero attached hydrogens (tertiary/aromatic N) is 3. The molecule has 1 aliphatic rings.